The molecular weight excluding hydrogens is 729 g/mol. The van der Waals surface area contributed by atoms with Gasteiger partial charge in [0.1, 0.15) is 24.7 Å². The summed E-state index contributed by atoms with van der Waals surface area (Å²) in [6.45, 7) is 12.0. The molecule has 2 saturated carbocycles. The van der Waals surface area contributed by atoms with Crippen molar-refractivity contribution < 1.29 is 38.1 Å². The molecule has 4 aliphatic heterocycles. The molecule has 0 spiro atoms. The average molecular weight is 781 g/mol. The van der Waals surface area contributed by atoms with Gasteiger partial charge in [-0.15, -0.1) is 0 Å². The summed E-state index contributed by atoms with van der Waals surface area (Å²) in [4.78, 5) is 51.7. The molecule has 8 heteroatoms. The molecule has 2 aliphatic carbocycles. The molecule has 2 unspecified atom stereocenters. The first-order valence-electron chi connectivity index (χ1n) is 21.1. The van der Waals surface area contributed by atoms with E-state index in [0.717, 1.165) is 48.7 Å². The monoisotopic (exact) mass is 780 g/mol. The third-order valence-corrected chi connectivity index (χ3v) is 14.2. The van der Waals surface area contributed by atoms with Crippen molar-refractivity contribution in [3.8, 4) is 11.5 Å². The quantitative estimate of drug-likeness (QED) is 0.131. The van der Waals surface area contributed by atoms with Crippen molar-refractivity contribution in [2.24, 2.45) is 35.5 Å². The molecule has 0 radical (unpaired) electrons. The van der Waals surface area contributed by atoms with Gasteiger partial charge >= 0.3 is 0 Å². The Morgan fingerprint density at radius 2 is 0.897 bits per heavy atom. The van der Waals surface area contributed by atoms with Gasteiger partial charge in [0.2, 0.25) is 0 Å². The van der Waals surface area contributed by atoms with Gasteiger partial charge < -0.3 is 18.9 Å². The van der Waals surface area contributed by atoms with Crippen LogP contribution in [0.4, 0.5) is 0 Å². The van der Waals surface area contributed by atoms with Crippen LogP contribution in [0, 0.1) is 35.5 Å². The maximum Gasteiger partial charge on any atom is 0.166 e. The van der Waals surface area contributed by atoms with Gasteiger partial charge in [0.05, 0.1) is 48.4 Å². The Balaban J connectivity index is 0.000000150. The van der Waals surface area contributed by atoms with E-state index in [1.54, 1.807) is 12.1 Å². The molecule has 8 atom stereocenters. The van der Waals surface area contributed by atoms with Crippen LogP contribution in [0.1, 0.15) is 117 Å². The van der Waals surface area contributed by atoms with E-state index in [9.17, 15) is 19.2 Å². The second kappa shape index (κ2) is 15.0. The first kappa shape index (κ1) is 38.6. The molecule has 4 aromatic carbocycles. The summed E-state index contributed by atoms with van der Waals surface area (Å²) in [6.07, 6.45) is 1.86. The van der Waals surface area contributed by atoms with Crippen molar-refractivity contribution in [3.05, 3.63) is 129 Å². The fourth-order valence-electron chi connectivity index (χ4n) is 10.2. The predicted octanol–water partition coefficient (Wildman–Crippen LogP) is 8.89. The molecule has 8 nitrogen and oxygen atoms in total. The summed E-state index contributed by atoms with van der Waals surface area (Å²) < 4.78 is 23.0. The largest absolute Gasteiger partial charge is 0.491 e. The summed E-state index contributed by atoms with van der Waals surface area (Å²) in [7, 11) is 0. The van der Waals surface area contributed by atoms with Crippen molar-refractivity contribution in [2.75, 3.05) is 39.6 Å². The predicted molar refractivity (Wildman–Crippen MR) is 219 cm³/mol. The van der Waals surface area contributed by atoms with E-state index in [1.165, 1.54) is 0 Å². The number of fused-ring (bicyclic) bond motifs is 4. The Kier molecular flexibility index (Phi) is 10.0. The topological polar surface area (TPSA) is 105 Å². The van der Waals surface area contributed by atoms with Crippen LogP contribution in [0.15, 0.2) is 84.9 Å². The summed E-state index contributed by atoms with van der Waals surface area (Å²) >= 11 is 0. The number of rotatable bonds is 12. The third kappa shape index (κ3) is 6.62. The van der Waals surface area contributed by atoms with Gasteiger partial charge in [-0.25, -0.2) is 0 Å². The highest BCUT2D eigenvalue weighted by Gasteiger charge is 2.55. The Labute approximate surface area is 340 Å². The summed E-state index contributed by atoms with van der Waals surface area (Å²) in [5, 5.41) is 0. The molecule has 4 heterocycles. The highest BCUT2D eigenvalue weighted by atomic mass is 16.5. The second-order valence-corrected chi connectivity index (χ2v) is 17.6. The van der Waals surface area contributed by atoms with E-state index in [1.807, 2.05) is 62.4 Å². The number of carbonyl (C=O) groups is 4. The van der Waals surface area contributed by atoms with Crippen LogP contribution in [0.5, 0.6) is 11.5 Å². The molecule has 4 aromatic rings. The van der Waals surface area contributed by atoms with Gasteiger partial charge in [-0.3, -0.25) is 19.2 Å². The van der Waals surface area contributed by atoms with E-state index in [4.69, 9.17) is 18.9 Å². The second-order valence-electron chi connectivity index (χ2n) is 17.6. The molecule has 58 heavy (non-hydrogen) atoms. The van der Waals surface area contributed by atoms with Crippen molar-refractivity contribution >= 4 is 23.1 Å². The lowest BCUT2D eigenvalue weighted by Gasteiger charge is -2.24. The van der Waals surface area contributed by atoms with Crippen LogP contribution in [-0.2, 0) is 20.3 Å². The maximum absolute atomic E-state index is 13.1. The van der Waals surface area contributed by atoms with E-state index < -0.39 is 0 Å². The molecule has 300 valence electrons. The molecule has 0 bridgehead atoms. The number of ketones is 4. The highest BCUT2D eigenvalue weighted by Crippen LogP contribution is 2.55. The van der Waals surface area contributed by atoms with E-state index in [0.29, 0.717) is 108 Å². The first-order chi connectivity index (χ1) is 28.1. The number of benzene rings is 4. The minimum atomic E-state index is -0.375. The van der Waals surface area contributed by atoms with E-state index in [-0.39, 0.29) is 34.0 Å². The zero-order valence-corrected chi connectivity index (χ0v) is 33.9. The van der Waals surface area contributed by atoms with Crippen molar-refractivity contribution in [1.29, 1.82) is 0 Å². The lowest BCUT2D eigenvalue weighted by molar-refractivity contribution is 0.0940. The van der Waals surface area contributed by atoms with E-state index >= 15 is 0 Å². The van der Waals surface area contributed by atoms with Gasteiger partial charge in [-0.2, -0.15) is 0 Å². The van der Waals surface area contributed by atoms with Gasteiger partial charge in [-0.1, -0.05) is 74.5 Å². The van der Waals surface area contributed by atoms with Crippen LogP contribution in [0.3, 0.4) is 0 Å². The van der Waals surface area contributed by atoms with Crippen LogP contribution in [0.25, 0.3) is 0 Å². The molecule has 0 aromatic heterocycles. The van der Waals surface area contributed by atoms with Gasteiger partial charge in [0.25, 0.3) is 0 Å². The summed E-state index contributed by atoms with van der Waals surface area (Å²) in [5.41, 5.74) is 5.78. The Bertz CT molecular complexity index is 2100. The number of hydrogen-bond acceptors (Lipinski definition) is 8. The average Bonchev–Trinajstić information content (AvgIpc) is 3.67. The van der Waals surface area contributed by atoms with Gasteiger partial charge in [0, 0.05) is 47.9 Å². The fourth-order valence-corrected chi connectivity index (χ4v) is 10.2. The maximum atomic E-state index is 13.1. The zero-order chi connectivity index (χ0) is 40.3. The SMILES string of the molecule is CCC(=O)c1cc(C(=O)CC2[C@H]3COC[C@@H]23)cc2c1OC[C@@]2(C)c1ccccc1.CCC(=O)c1cc(C(=O)CC2[C@H]3COC[C@@H]23)cc2c1OC[C@]2(C)c1ccccc1. The van der Waals surface area contributed by atoms with Crippen molar-refractivity contribution in [1.82, 2.24) is 0 Å². The number of carbonyl (C=O) groups excluding carboxylic acids is 4. The Hall–Kier alpha value is -4.92. The summed E-state index contributed by atoms with van der Waals surface area (Å²) in [5.74, 6) is 4.64. The molecule has 6 aliphatic rings. The highest BCUT2D eigenvalue weighted by molar-refractivity contribution is 6.05. The molecular formula is C50H52O8. The fraction of sp³-hybridized carbons (Fsp3) is 0.440. The van der Waals surface area contributed by atoms with Crippen molar-refractivity contribution in [3.63, 3.8) is 0 Å². The van der Waals surface area contributed by atoms with Crippen LogP contribution >= 0.6 is 0 Å². The molecule has 2 saturated heterocycles. The van der Waals surface area contributed by atoms with Crippen LogP contribution in [-0.4, -0.2) is 62.8 Å². The standard InChI is InChI=1S/2C25H26O4/c2*1-3-22(26)18-9-15(23(27)11-17-19-12-28-13-20(17)19)10-21-24(18)29-14-25(21,2)16-7-5-4-6-8-16/h2*4-10,17,19-20H,3,11-14H2,1-2H3/t2*17?,19-,20+,25-/m10/s1. The first-order valence-corrected chi connectivity index (χ1v) is 21.1. The molecule has 4 fully saturated rings. The summed E-state index contributed by atoms with van der Waals surface area (Å²) in [6, 6.07) is 27.8. The normalized spacial score (nSPS) is 29.1. The third-order valence-electron chi connectivity index (χ3n) is 14.2. The molecule has 0 amide bonds. The van der Waals surface area contributed by atoms with Gasteiger partial charge in [-0.05, 0) is 84.7 Å². The molecule has 0 N–H and O–H groups in total. The van der Waals surface area contributed by atoms with Crippen molar-refractivity contribution in [2.45, 2.75) is 64.2 Å². The minimum Gasteiger partial charge on any atom is -0.491 e. The minimum absolute atomic E-state index is 0.0184. The van der Waals surface area contributed by atoms with Crippen LogP contribution < -0.4 is 9.47 Å². The Morgan fingerprint density at radius 1 is 0.534 bits per heavy atom. The van der Waals surface area contributed by atoms with Gasteiger partial charge in [0.15, 0.2) is 23.1 Å². The molecule has 10 rings (SSSR count). The number of ether oxygens (including phenoxy) is 4. The number of Topliss-reactive ketones (excluding diaryl/α,β-unsaturated/α-hetero) is 4. The lowest BCUT2D eigenvalue weighted by Crippen LogP contribution is -2.25. The van der Waals surface area contributed by atoms with E-state index in [2.05, 4.69) is 38.1 Å². The Morgan fingerprint density at radius 3 is 1.24 bits per heavy atom. The van der Waals surface area contributed by atoms with Crippen LogP contribution in [0.2, 0.25) is 0 Å². The lowest BCUT2D eigenvalue weighted by atomic mass is 9.76. The smallest absolute Gasteiger partial charge is 0.166 e. The number of hydrogen-bond donors (Lipinski definition) is 0. The zero-order valence-electron chi connectivity index (χ0n) is 33.9.